The second-order valence-electron chi connectivity index (χ2n) is 7.36. The highest BCUT2D eigenvalue weighted by atomic mass is 35.5. The van der Waals surface area contributed by atoms with Gasteiger partial charge < -0.3 is 14.6 Å². The van der Waals surface area contributed by atoms with Gasteiger partial charge in [-0.15, -0.1) is 0 Å². The van der Waals surface area contributed by atoms with Crippen LogP contribution < -0.4 is 4.74 Å². The molecule has 2 rings (SSSR count). The SMILES string of the molecule is Cc1cc(C)c(O[C@@H]2C[C@@H](C(=O)O)N(C(=O)OC(C)(C)C)C2)c(Cl)c1. The zero-order valence-electron chi connectivity index (χ0n) is 15.1. The second kappa shape index (κ2) is 7.12. The normalized spacial score (nSPS) is 20.5. The third-order valence-corrected chi connectivity index (χ3v) is 4.11. The number of carbonyl (C=O) groups is 2. The lowest BCUT2D eigenvalue weighted by molar-refractivity contribution is -0.142. The number of amides is 1. The molecule has 1 saturated heterocycles. The van der Waals surface area contributed by atoms with E-state index >= 15 is 0 Å². The molecule has 1 N–H and O–H groups in total. The second-order valence-corrected chi connectivity index (χ2v) is 7.76. The first-order valence-corrected chi connectivity index (χ1v) is 8.51. The van der Waals surface area contributed by atoms with Crippen LogP contribution in [0.15, 0.2) is 12.1 Å². The van der Waals surface area contributed by atoms with Crippen molar-refractivity contribution >= 4 is 23.7 Å². The minimum absolute atomic E-state index is 0.134. The summed E-state index contributed by atoms with van der Waals surface area (Å²) in [6, 6.07) is 2.75. The van der Waals surface area contributed by atoms with Crippen molar-refractivity contribution in [1.82, 2.24) is 4.90 Å². The lowest BCUT2D eigenvalue weighted by Gasteiger charge is -2.26. The maximum atomic E-state index is 12.3. The Morgan fingerprint density at radius 2 is 1.92 bits per heavy atom. The third-order valence-electron chi connectivity index (χ3n) is 3.83. The zero-order chi connectivity index (χ0) is 18.9. The number of halogens is 1. The van der Waals surface area contributed by atoms with Gasteiger partial charge in [-0.2, -0.15) is 0 Å². The smallest absolute Gasteiger partial charge is 0.411 e. The molecule has 6 nitrogen and oxygen atoms in total. The van der Waals surface area contributed by atoms with Crippen LogP contribution in [0.4, 0.5) is 4.79 Å². The van der Waals surface area contributed by atoms with Crippen LogP contribution >= 0.6 is 11.6 Å². The fourth-order valence-corrected chi connectivity index (χ4v) is 3.22. The van der Waals surface area contributed by atoms with Gasteiger partial charge in [0.05, 0.1) is 11.6 Å². The van der Waals surface area contributed by atoms with Crippen LogP contribution in [0.2, 0.25) is 5.02 Å². The van der Waals surface area contributed by atoms with Gasteiger partial charge in [0.25, 0.3) is 0 Å². The number of benzene rings is 1. The predicted octanol–water partition coefficient (Wildman–Crippen LogP) is 3.80. The standard InChI is InChI=1S/C18H24ClNO5/c1-10-6-11(2)15(13(19)7-10)24-12-8-14(16(21)22)20(9-12)17(23)25-18(3,4)5/h6-7,12,14H,8-9H2,1-5H3,(H,21,22)/t12-,14+/m1/s1. The first-order chi connectivity index (χ1) is 11.5. The molecule has 0 unspecified atom stereocenters. The van der Waals surface area contributed by atoms with Crippen molar-refractivity contribution in [2.24, 2.45) is 0 Å². The van der Waals surface area contributed by atoms with E-state index in [1.807, 2.05) is 19.9 Å². The van der Waals surface area contributed by atoms with Crippen LogP contribution in [-0.4, -0.2) is 46.4 Å². The van der Waals surface area contributed by atoms with Crippen molar-refractivity contribution in [3.05, 3.63) is 28.3 Å². The van der Waals surface area contributed by atoms with E-state index in [9.17, 15) is 14.7 Å². The zero-order valence-corrected chi connectivity index (χ0v) is 15.9. The van der Waals surface area contributed by atoms with Crippen LogP contribution in [0.1, 0.15) is 38.3 Å². The van der Waals surface area contributed by atoms with E-state index in [1.165, 1.54) is 4.90 Å². The van der Waals surface area contributed by atoms with Gasteiger partial charge in [-0.3, -0.25) is 4.90 Å². The maximum absolute atomic E-state index is 12.3. The Balaban J connectivity index is 2.17. The molecule has 1 aliphatic heterocycles. The summed E-state index contributed by atoms with van der Waals surface area (Å²) in [6.07, 6.45) is -0.941. The summed E-state index contributed by atoms with van der Waals surface area (Å²) in [5.41, 5.74) is 1.18. The van der Waals surface area contributed by atoms with E-state index in [-0.39, 0.29) is 13.0 Å². The fourth-order valence-electron chi connectivity index (χ4n) is 2.86. The highest BCUT2D eigenvalue weighted by Gasteiger charge is 2.42. The molecule has 1 fully saturated rings. The van der Waals surface area contributed by atoms with Crippen molar-refractivity contribution in [1.29, 1.82) is 0 Å². The Morgan fingerprint density at radius 1 is 1.28 bits per heavy atom. The number of hydrogen-bond donors (Lipinski definition) is 1. The molecule has 7 heteroatoms. The van der Waals surface area contributed by atoms with Crippen molar-refractivity contribution in [2.75, 3.05) is 6.54 Å². The monoisotopic (exact) mass is 369 g/mol. The molecular weight excluding hydrogens is 346 g/mol. The van der Waals surface area contributed by atoms with Gasteiger partial charge in [-0.05, 0) is 51.8 Å². The summed E-state index contributed by atoms with van der Waals surface area (Å²) in [6.45, 7) is 9.16. The lowest BCUT2D eigenvalue weighted by atomic mass is 10.1. The maximum Gasteiger partial charge on any atom is 0.411 e. The van der Waals surface area contributed by atoms with Crippen molar-refractivity contribution in [3.63, 3.8) is 0 Å². The number of carboxylic acids is 1. The minimum Gasteiger partial charge on any atom is -0.487 e. The van der Waals surface area contributed by atoms with Crippen LogP contribution in [0.3, 0.4) is 0 Å². The minimum atomic E-state index is -1.08. The van der Waals surface area contributed by atoms with E-state index in [0.29, 0.717) is 10.8 Å². The number of hydrogen-bond acceptors (Lipinski definition) is 4. The number of ether oxygens (including phenoxy) is 2. The number of nitrogens with zero attached hydrogens (tertiary/aromatic N) is 1. The number of aliphatic carboxylic acids is 1. The molecule has 2 atom stereocenters. The first-order valence-electron chi connectivity index (χ1n) is 8.14. The Labute approximate surface area is 152 Å². The van der Waals surface area contributed by atoms with Gasteiger partial charge in [0.2, 0.25) is 0 Å². The largest absolute Gasteiger partial charge is 0.487 e. The van der Waals surface area contributed by atoms with Gasteiger partial charge in [0, 0.05) is 6.42 Å². The Morgan fingerprint density at radius 3 is 2.44 bits per heavy atom. The van der Waals surface area contributed by atoms with E-state index in [0.717, 1.165) is 11.1 Å². The molecule has 1 aliphatic rings. The van der Waals surface area contributed by atoms with Crippen LogP contribution in [0, 0.1) is 13.8 Å². The fraction of sp³-hybridized carbons (Fsp3) is 0.556. The van der Waals surface area contributed by atoms with Gasteiger partial charge in [-0.1, -0.05) is 17.7 Å². The Bertz CT molecular complexity index is 660. The summed E-state index contributed by atoms with van der Waals surface area (Å²) in [5.74, 6) is -0.559. The molecule has 138 valence electrons. The van der Waals surface area contributed by atoms with Crippen molar-refractivity contribution < 1.29 is 24.2 Å². The van der Waals surface area contributed by atoms with Gasteiger partial charge >= 0.3 is 12.1 Å². The number of carboxylic acid groups (broad SMARTS) is 1. The molecule has 1 aromatic rings. The molecule has 25 heavy (non-hydrogen) atoms. The van der Waals surface area contributed by atoms with E-state index in [2.05, 4.69) is 0 Å². The number of aryl methyl sites for hydroxylation is 2. The summed E-state index contributed by atoms with van der Waals surface area (Å²) < 4.78 is 11.2. The molecule has 1 amide bonds. The molecule has 0 bridgehead atoms. The molecule has 1 aromatic carbocycles. The summed E-state index contributed by atoms with van der Waals surface area (Å²) in [7, 11) is 0. The molecule has 0 radical (unpaired) electrons. The average Bonchev–Trinajstić information content (AvgIpc) is 2.85. The summed E-state index contributed by atoms with van der Waals surface area (Å²) in [5, 5.41) is 9.90. The number of carbonyl (C=O) groups excluding carboxylic acids is 1. The average molecular weight is 370 g/mol. The molecule has 1 heterocycles. The molecule has 0 saturated carbocycles. The summed E-state index contributed by atoms with van der Waals surface area (Å²) in [4.78, 5) is 25.0. The molecule has 0 spiro atoms. The van der Waals surface area contributed by atoms with Crippen LogP contribution in [0.25, 0.3) is 0 Å². The predicted molar refractivity (Wildman–Crippen MR) is 94.3 cm³/mol. The van der Waals surface area contributed by atoms with Crippen LogP contribution in [-0.2, 0) is 9.53 Å². The van der Waals surface area contributed by atoms with Crippen molar-refractivity contribution in [2.45, 2.75) is 58.8 Å². The highest BCUT2D eigenvalue weighted by Crippen LogP contribution is 2.33. The summed E-state index contributed by atoms with van der Waals surface area (Å²) >= 11 is 6.25. The van der Waals surface area contributed by atoms with Gasteiger partial charge in [0.1, 0.15) is 23.5 Å². The highest BCUT2D eigenvalue weighted by molar-refractivity contribution is 6.32. The van der Waals surface area contributed by atoms with E-state index in [4.69, 9.17) is 21.1 Å². The third kappa shape index (κ3) is 4.78. The quantitative estimate of drug-likeness (QED) is 0.877. The molecule has 0 aromatic heterocycles. The topological polar surface area (TPSA) is 76.1 Å². The van der Waals surface area contributed by atoms with Crippen molar-refractivity contribution in [3.8, 4) is 5.75 Å². The van der Waals surface area contributed by atoms with Crippen LogP contribution in [0.5, 0.6) is 5.75 Å². The first kappa shape index (κ1) is 19.4. The Hall–Kier alpha value is -1.95. The van der Waals surface area contributed by atoms with E-state index in [1.54, 1.807) is 26.8 Å². The Kier molecular flexibility index (Phi) is 5.52. The van der Waals surface area contributed by atoms with Gasteiger partial charge in [0.15, 0.2) is 0 Å². The van der Waals surface area contributed by atoms with Gasteiger partial charge in [-0.25, -0.2) is 9.59 Å². The molecular formula is C18H24ClNO5. The molecule has 0 aliphatic carbocycles. The lowest BCUT2D eigenvalue weighted by Crippen LogP contribution is -2.43. The van der Waals surface area contributed by atoms with E-state index < -0.39 is 29.8 Å². The number of likely N-dealkylation sites (tertiary alicyclic amines) is 1. The number of rotatable bonds is 3.